The maximum atomic E-state index is 12.6. The van der Waals surface area contributed by atoms with Crippen LogP contribution in [0.3, 0.4) is 0 Å². The van der Waals surface area contributed by atoms with Gasteiger partial charge in [0.15, 0.2) is 5.69 Å². The van der Waals surface area contributed by atoms with Crippen molar-refractivity contribution in [3.8, 4) is 0 Å². The third-order valence-electron chi connectivity index (χ3n) is 3.84. The summed E-state index contributed by atoms with van der Waals surface area (Å²) in [5.74, 6) is -2.68. The van der Waals surface area contributed by atoms with Crippen LogP contribution in [0.2, 0.25) is 0 Å². The van der Waals surface area contributed by atoms with Crippen LogP contribution in [-0.4, -0.2) is 46.7 Å². The van der Waals surface area contributed by atoms with E-state index >= 15 is 0 Å². The lowest BCUT2D eigenvalue weighted by Crippen LogP contribution is -2.16. The minimum atomic E-state index is -0.722. The monoisotopic (exact) mass is 422 g/mol. The average Bonchev–Trinajstić information content (AvgIpc) is 3.20. The molecule has 2 heterocycles. The summed E-state index contributed by atoms with van der Waals surface area (Å²) in [5.41, 5.74) is 5.79. The number of aryl methyl sites for hydroxylation is 1. The summed E-state index contributed by atoms with van der Waals surface area (Å²) in [6.45, 7) is 5.42. The Labute approximate surface area is 171 Å². The normalized spacial score (nSPS) is 10.5. The summed E-state index contributed by atoms with van der Waals surface area (Å²) in [6.07, 6.45) is 0.615. The van der Waals surface area contributed by atoms with Gasteiger partial charge in [-0.05, 0) is 25.8 Å². The number of hydrogen-bond acceptors (Lipinski definition) is 8. The fourth-order valence-corrected chi connectivity index (χ4v) is 3.53. The van der Waals surface area contributed by atoms with Crippen molar-refractivity contribution in [3.05, 3.63) is 33.5 Å². The SMILES string of the molecule is CCCOC(=O)c1c(NC(=O)c2cc(C(=O)OCC)n(C)n2)sc(C(N)=O)c1C. The van der Waals surface area contributed by atoms with Crippen LogP contribution in [-0.2, 0) is 16.5 Å². The standard InChI is InChI=1S/C18H22N4O6S/c1-5-7-28-18(26)12-9(3)13(14(19)23)29-16(12)20-15(24)10-8-11(22(4)21-10)17(25)27-6-2/h8H,5-7H2,1-4H3,(H2,19,23)(H,20,24). The number of esters is 2. The molecule has 2 aromatic rings. The average molecular weight is 422 g/mol. The van der Waals surface area contributed by atoms with E-state index in [4.69, 9.17) is 15.2 Å². The molecule has 0 saturated heterocycles. The number of aromatic nitrogens is 2. The summed E-state index contributed by atoms with van der Waals surface area (Å²) >= 11 is 0.871. The third kappa shape index (κ3) is 4.80. The summed E-state index contributed by atoms with van der Waals surface area (Å²) in [7, 11) is 1.50. The van der Waals surface area contributed by atoms with Crippen LogP contribution in [0, 0.1) is 6.92 Å². The number of nitrogens with one attached hydrogen (secondary N) is 1. The number of rotatable bonds is 8. The fraction of sp³-hybridized carbons (Fsp3) is 0.389. The molecule has 0 unspecified atom stereocenters. The topological polar surface area (TPSA) is 143 Å². The van der Waals surface area contributed by atoms with Crippen LogP contribution in [0.15, 0.2) is 6.07 Å². The van der Waals surface area contributed by atoms with Crippen LogP contribution >= 0.6 is 11.3 Å². The number of primary amides is 1. The van der Waals surface area contributed by atoms with Crippen molar-refractivity contribution in [2.24, 2.45) is 12.8 Å². The van der Waals surface area contributed by atoms with Gasteiger partial charge in [0.05, 0.1) is 23.7 Å². The first kappa shape index (κ1) is 22.1. The lowest BCUT2D eigenvalue weighted by Gasteiger charge is -2.06. The number of nitrogens with two attached hydrogens (primary N) is 1. The number of nitrogens with zero attached hydrogens (tertiary/aromatic N) is 2. The second kappa shape index (κ2) is 9.32. The fourth-order valence-electron chi connectivity index (χ4n) is 2.49. The predicted octanol–water partition coefficient (Wildman–Crippen LogP) is 1.88. The zero-order chi connectivity index (χ0) is 21.7. The van der Waals surface area contributed by atoms with Gasteiger partial charge >= 0.3 is 11.9 Å². The van der Waals surface area contributed by atoms with E-state index in [1.165, 1.54) is 17.8 Å². The van der Waals surface area contributed by atoms with Gasteiger partial charge < -0.3 is 20.5 Å². The molecule has 2 amide bonds. The number of thiophene rings is 1. The van der Waals surface area contributed by atoms with E-state index in [1.807, 2.05) is 6.92 Å². The smallest absolute Gasteiger partial charge is 0.356 e. The number of carbonyl (C=O) groups is 4. The molecule has 2 rings (SSSR count). The number of amides is 2. The molecule has 156 valence electrons. The van der Waals surface area contributed by atoms with E-state index in [0.717, 1.165) is 11.3 Å². The van der Waals surface area contributed by atoms with E-state index in [-0.39, 0.29) is 40.0 Å². The molecule has 0 spiro atoms. The van der Waals surface area contributed by atoms with Gasteiger partial charge in [-0.1, -0.05) is 6.92 Å². The quantitative estimate of drug-likeness (QED) is 0.618. The molecule has 3 N–H and O–H groups in total. The molecule has 0 aromatic carbocycles. The number of ether oxygens (including phenoxy) is 2. The van der Waals surface area contributed by atoms with Gasteiger partial charge in [0, 0.05) is 13.1 Å². The number of anilines is 1. The zero-order valence-corrected chi connectivity index (χ0v) is 17.3. The molecule has 0 aliphatic rings. The van der Waals surface area contributed by atoms with E-state index in [1.54, 1.807) is 13.8 Å². The minimum Gasteiger partial charge on any atom is -0.462 e. The molecule has 0 saturated carbocycles. The molecule has 29 heavy (non-hydrogen) atoms. The van der Waals surface area contributed by atoms with Crippen molar-refractivity contribution in [1.29, 1.82) is 0 Å². The van der Waals surface area contributed by atoms with Crippen LogP contribution < -0.4 is 11.1 Å². The molecule has 0 fully saturated rings. The summed E-state index contributed by atoms with van der Waals surface area (Å²) in [4.78, 5) is 48.8. The Bertz CT molecular complexity index is 962. The molecular formula is C18H22N4O6S. The summed E-state index contributed by atoms with van der Waals surface area (Å²) in [6, 6.07) is 1.28. The van der Waals surface area contributed by atoms with Crippen molar-refractivity contribution in [1.82, 2.24) is 9.78 Å². The highest BCUT2D eigenvalue weighted by Gasteiger charge is 2.27. The van der Waals surface area contributed by atoms with Crippen LogP contribution in [0.1, 0.15) is 66.8 Å². The van der Waals surface area contributed by atoms with Gasteiger partial charge in [-0.25, -0.2) is 9.59 Å². The molecule has 0 atom stereocenters. The third-order valence-corrected chi connectivity index (χ3v) is 5.06. The summed E-state index contributed by atoms with van der Waals surface area (Å²) < 4.78 is 11.3. The van der Waals surface area contributed by atoms with Crippen molar-refractivity contribution in [3.63, 3.8) is 0 Å². The highest BCUT2D eigenvalue weighted by atomic mass is 32.1. The van der Waals surface area contributed by atoms with Gasteiger partial charge in [-0.3, -0.25) is 14.3 Å². The van der Waals surface area contributed by atoms with Crippen LogP contribution in [0.5, 0.6) is 0 Å². The largest absolute Gasteiger partial charge is 0.462 e. The molecule has 0 aliphatic heterocycles. The molecule has 2 aromatic heterocycles. The first-order valence-corrected chi connectivity index (χ1v) is 9.65. The molecule has 0 radical (unpaired) electrons. The van der Waals surface area contributed by atoms with Gasteiger partial charge in [0.1, 0.15) is 10.7 Å². The van der Waals surface area contributed by atoms with Crippen LogP contribution in [0.4, 0.5) is 5.00 Å². The second-order valence-corrected chi connectivity index (χ2v) is 6.99. The Kier molecular flexibility index (Phi) is 7.10. The Morgan fingerprint density at radius 3 is 2.48 bits per heavy atom. The van der Waals surface area contributed by atoms with Gasteiger partial charge in [-0.2, -0.15) is 5.10 Å². The van der Waals surface area contributed by atoms with E-state index in [2.05, 4.69) is 10.4 Å². The highest BCUT2D eigenvalue weighted by Crippen LogP contribution is 2.33. The van der Waals surface area contributed by atoms with E-state index < -0.39 is 23.8 Å². The van der Waals surface area contributed by atoms with E-state index in [9.17, 15) is 19.2 Å². The Morgan fingerprint density at radius 1 is 1.21 bits per heavy atom. The van der Waals surface area contributed by atoms with Gasteiger partial charge in [0.25, 0.3) is 11.8 Å². The second-order valence-electron chi connectivity index (χ2n) is 5.97. The summed E-state index contributed by atoms with van der Waals surface area (Å²) in [5, 5.41) is 6.67. The molecule has 0 aliphatic carbocycles. The van der Waals surface area contributed by atoms with Crippen molar-refractivity contribution in [2.75, 3.05) is 18.5 Å². The zero-order valence-electron chi connectivity index (χ0n) is 16.5. The Morgan fingerprint density at radius 2 is 1.90 bits per heavy atom. The van der Waals surface area contributed by atoms with Gasteiger partial charge in [-0.15, -0.1) is 11.3 Å². The Balaban J connectivity index is 2.35. The maximum absolute atomic E-state index is 12.6. The Hall–Kier alpha value is -3.21. The first-order valence-electron chi connectivity index (χ1n) is 8.84. The maximum Gasteiger partial charge on any atom is 0.356 e. The minimum absolute atomic E-state index is 0.0601. The number of hydrogen-bond donors (Lipinski definition) is 2. The lowest BCUT2D eigenvalue weighted by molar-refractivity contribution is 0.0499. The lowest BCUT2D eigenvalue weighted by atomic mass is 10.1. The van der Waals surface area contributed by atoms with Crippen molar-refractivity contribution < 1.29 is 28.7 Å². The van der Waals surface area contributed by atoms with Crippen LogP contribution in [0.25, 0.3) is 0 Å². The van der Waals surface area contributed by atoms with Crippen molar-refractivity contribution in [2.45, 2.75) is 27.2 Å². The molecule has 11 heteroatoms. The molecule has 10 nitrogen and oxygen atoms in total. The highest BCUT2D eigenvalue weighted by molar-refractivity contribution is 7.18. The van der Waals surface area contributed by atoms with Gasteiger partial charge in [0.2, 0.25) is 0 Å². The first-order chi connectivity index (χ1) is 13.7. The van der Waals surface area contributed by atoms with Crippen molar-refractivity contribution >= 4 is 40.1 Å². The number of carbonyl (C=O) groups excluding carboxylic acids is 4. The van der Waals surface area contributed by atoms with E-state index in [0.29, 0.717) is 12.0 Å². The predicted molar refractivity (Wildman–Crippen MR) is 105 cm³/mol. The molecular weight excluding hydrogens is 400 g/mol. The molecule has 0 bridgehead atoms.